The molecule has 2 aromatic rings. The van der Waals surface area contributed by atoms with Crippen molar-refractivity contribution < 1.29 is 9.53 Å². The normalized spacial score (nSPS) is 10.3. The number of aryl methyl sites for hydroxylation is 1. The average Bonchev–Trinajstić information content (AvgIpc) is 2.68. The molecule has 19 heavy (non-hydrogen) atoms. The Kier molecular flexibility index (Phi) is 3.85. The molecule has 0 spiro atoms. The molecule has 5 heteroatoms. The Morgan fingerprint density at radius 2 is 2.00 bits per heavy atom. The van der Waals surface area contributed by atoms with Crippen LogP contribution < -0.4 is 10.1 Å². The first-order valence-corrected chi connectivity index (χ1v) is 6.03. The van der Waals surface area contributed by atoms with Crippen molar-refractivity contribution in [3.8, 4) is 5.75 Å². The summed E-state index contributed by atoms with van der Waals surface area (Å²) in [6, 6.07) is 7.85. The molecular weight excluding hydrogens is 242 g/mol. The van der Waals surface area contributed by atoms with Gasteiger partial charge in [-0.25, -0.2) is 0 Å². The third-order valence-electron chi connectivity index (χ3n) is 3.08. The molecule has 0 radical (unpaired) electrons. The minimum absolute atomic E-state index is 0.664. The summed E-state index contributed by atoms with van der Waals surface area (Å²) < 4.78 is 7.00. The molecule has 0 saturated carbocycles. The molecule has 2 rings (SSSR count). The van der Waals surface area contributed by atoms with Gasteiger partial charge in [-0.15, -0.1) is 0 Å². The van der Waals surface area contributed by atoms with Crippen LogP contribution in [0.3, 0.4) is 0 Å². The number of ether oxygens (including phenoxy) is 1. The summed E-state index contributed by atoms with van der Waals surface area (Å²) in [7, 11) is 1.65. The highest BCUT2D eigenvalue weighted by atomic mass is 16.5. The number of carbonyl (C=O) groups excluding carboxylic acids is 1. The molecule has 0 aliphatic rings. The van der Waals surface area contributed by atoms with Gasteiger partial charge in [-0.05, 0) is 31.5 Å². The lowest BCUT2D eigenvalue weighted by atomic mass is 10.2. The zero-order valence-electron chi connectivity index (χ0n) is 11.3. The molecule has 1 N–H and O–H groups in total. The Morgan fingerprint density at radius 3 is 2.58 bits per heavy atom. The van der Waals surface area contributed by atoms with E-state index in [2.05, 4.69) is 10.4 Å². The summed E-state index contributed by atoms with van der Waals surface area (Å²) in [5, 5.41) is 7.12. The van der Waals surface area contributed by atoms with Crippen LogP contribution in [-0.2, 0) is 11.3 Å². The monoisotopic (exact) mass is 259 g/mol. The van der Waals surface area contributed by atoms with E-state index in [1.165, 1.54) is 0 Å². The number of hydrogen-bond acceptors (Lipinski definition) is 3. The van der Waals surface area contributed by atoms with Gasteiger partial charge < -0.3 is 10.1 Å². The second-order valence-corrected chi connectivity index (χ2v) is 4.31. The molecular formula is C14H17N3O2. The maximum absolute atomic E-state index is 10.6. The molecule has 1 aromatic heterocycles. The summed E-state index contributed by atoms with van der Waals surface area (Å²) in [5.74, 6) is 0.834. The molecule has 1 amide bonds. The molecule has 0 unspecified atom stereocenters. The number of aromatic nitrogens is 2. The van der Waals surface area contributed by atoms with Crippen LogP contribution in [0.15, 0.2) is 24.3 Å². The van der Waals surface area contributed by atoms with Crippen molar-refractivity contribution in [3.63, 3.8) is 0 Å². The summed E-state index contributed by atoms with van der Waals surface area (Å²) in [6.45, 7) is 4.48. The highest BCUT2D eigenvalue weighted by molar-refractivity contribution is 5.74. The predicted molar refractivity (Wildman–Crippen MR) is 73.5 cm³/mol. The van der Waals surface area contributed by atoms with Gasteiger partial charge >= 0.3 is 0 Å². The summed E-state index contributed by atoms with van der Waals surface area (Å²) >= 11 is 0. The van der Waals surface area contributed by atoms with E-state index in [4.69, 9.17) is 4.74 Å². The predicted octanol–water partition coefficient (Wildman–Crippen LogP) is 2.13. The number of anilines is 1. The van der Waals surface area contributed by atoms with E-state index in [9.17, 15) is 4.79 Å². The van der Waals surface area contributed by atoms with Crippen LogP contribution in [0.1, 0.15) is 17.0 Å². The van der Waals surface area contributed by atoms with Crippen LogP contribution in [0.5, 0.6) is 5.75 Å². The molecule has 0 aliphatic heterocycles. The van der Waals surface area contributed by atoms with Crippen LogP contribution in [0.4, 0.5) is 5.69 Å². The number of nitrogens with zero attached hydrogens (tertiary/aromatic N) is 2. The summed E-state index contributed by atoms with van der Waals surface area (Å²) in [4.78, 5) is 10.6. The number of rotatable bonds is 5. The molecule has 5 nitrogen and oxygen atoms in total. The molecule has 0 atom stereocenters. The summed E-state index contributed by atoms with van der Waals surface area (Å²) in [6.07, 6.45) is 0.675. The number of amides is 1. The topological polar surface area (TPSA) is 56.1 Å². The molecule has 0 bridgehead atoms. The Labute approximate surface area is 112 Å². The smallest absolute Gasteiger partial charge is 0.211 e. The van der Waals surface area contributed by atoms with Crippen molar-refractivity contribution in [3.05, 3.63) is 41.2 Å². The maximum atomic E-state index is 10.6. The van der Waals surface area contributed by atoms with E-state index in [1.54, 1.807) is 7.11 Å². The van der Waals surface area contributed by atoms with Gasteiger partial charge in [-0.2, -0.15) is 5.10 Å². The minimum Gasteiger partial charge on any atom is -0.497 e. The fourth-order valence-electron chi connectivity index (χ4n) is 2.02. The Bertz CT molecular complexity index is 573. The van der Waals surface area contributed by atoms with Gasteiger partial charge in [-0.1, -0.05) is 12.1 Å². The quantitative estimate of drug-likeness (QED) is 0.837. The Balaban J connectivity index is 2.22. The van der Waals surface area contributed by atoms with Crippen molar-refractivity contribution in [2.45, 2.75) is 20.4 Å². The minimum atomic E-state index is 0.664. The molecule has 1 heterocycles. The zero-order valence-corrected chi connectivity index (χ0v) is 11.3. The van der Waals surface area contributed by atoms with Gasteiger partial charge in [0.1, 0.15) is 5.75 Å². The van der Waals surface area contributed by atoms with Gasteiger partial charge in [0.2, 0.25) is 6.41 Å². The number of methoxy groups -OCH3 is 1. The lowest BCUT2D eigenvalue weighted by Crippen LogP contribution is -2.04. The number of nitrogens with one attached hydrogen (secondary N) is 1. The van der Waals surface area contributed by atoms with Crippen LogP contribution in [0.25, 0.3) is 0 Å². The molecule has 100 valence electrons. The highest BCUT2D eigenvalue weighted by Crippen LogP contribution is 2.20. The first kappa shape index (κ1) is 13.1. The SMILES string of the molecule is COc1ccc(Cn2nc(C)c(NC=O)c2C)cc1. The van der Waals surface area contributed by atoms with E-state index in [0.29, 0.717) is 13.0 Å². The highest BCUT2D eigenvalue weighted by Gasteiger charge is 2.10. The molecule has 0 aliphatic carbocycles. The average molecular weight is 259 g/mol. The standard InChI is InChI=1S/C14H17N3O2/c1-10-14(15-9-18)11(2)17(16-10)8-12-4-6-13(19-3)7-5-12/h4-7,9H,8H2,1-3H3,(H,15,18). The van der Waals surface area contributed by atoms with E-state index < -0.39 is 0 Å². The lowest BCUT2D eigenvalue weighted by molar-refractivity contribution is -0.105. The van der Waals surface area contributed by atoms with Crippen molar-refractivity contribution >= 4 is 12.1 Å². The van der Waals surface area contributed by atoms with Crippen molar-refractivity contribution in [2.75, 3.05) is 12.4 Å². The molecule has 0 fully saturated rings. The van der Waals surface area contributed by atoms with Gasteiger partial charge in [0.15, 0.2) is 0 Å². The number of benzene rings is 1. The second kappa shape index (κ2) is 5.56. The third kappa shape index (κ3) is 2.76. The number of carbonyl (C=O) groups is 1. The Morgan fingerprint density at radius 1 is 1.32 bits per heavy atom. The van der Waals surface area contributed by atoms with Gasteiger partial charge in [0.25, 0.3) is 0 Å². The fraction of sp³-hybridized carbons (Fsp3) is 0.286. The van der Waals surface area contributed by atoms with Gasteiger partial charge in [0, 0.05) is 0 Å². The van der Waals surface area contributed by atoms with Gasteiger partial charge in [-0.3, -0.25) is 9.48 Å². The molecule has 1 aromatic carbocycles. The first-order chi connectivity index (χ1) is 9.15. The summed E-state index contributed by atoms with van der Waals surface area (Å²) in [5.41, 5.74) is 3.67. The van der Waals surface area contributed by atoms with E-state index in [0.717, 1.165) is 28.4 Å². The van der Waals surface area contributed by atoms with Crippen molar-refractivity contribution in [2.24, 2.45) is 0 Å². The second-order valence-electron chi connectivity index (χ2n) is 4.31. The lowest BCUT2D eigenvalue weighted by Gasteiger charge is -2.06. The van der Waals surface area contributed by atoms with Crippen LogP contribution in [0.2, 0.25) is 0 Å². The fourth-order valence-corrected chi connectivity index (χ4v) is 2.02. The van der Waals surface area contributed by atoms with Crippen LogP contribution in [-0.4, -0.2) is 23.3 Å². The Hall–Kier alpha value is -2.30. The van der Waals surface area contributed by atoms with Crippen LogP contribution in [0, 0.1) is 13.8 Å². The largest absolute Gasteiger partial charge is 0.497 e. The molecule has 0 saturated heterocycles. The van der Waals surface area contributed by atoms with E-state index in [-0.39, 0.29) is 0 Å². The first-order valence-electron chi connectivity index (χ1n) is 6.03. The van der Waals surface area contributed by atoms with E-state index in [1.807, 2.05) is 42.8 Å². The van der Waals surface area contributed by atoms with Crippen LogP contribution >= 0.6 is 0 Å². The third-order valence-corrected chi connectivity index (χ3v) is 3.08. The van der Waals surface area contributed by atoms with Crippen molar-refractivity contribution in [1.29, 1.82) is 0 Å². The van der Waals surface area contributed by atoms with Crippen molar-refractivity contribution in [1.82, 2.24) is 9.78 Å². The zero-order chi connectivity index (χ0) is 13.8. The van der Waals surface area contributed by atoms with Gasteiger partial charge in [0.05, 0.1) is 30.7 Å². The van der Waals surface area contributed by atoms with E-state index >= 15 is 0 Å². The number of hydrogen-bond donors (Lipinski definition) is 1. The maximum Gasteiger partial charge on any atom is 0.211 e.